The van der Waals surface area contributed by atoms with Crippen molar-refractivity contribution in [2.75, 3.05) is 0 Å². The molecule has 17 aromatic rings. The van der Waals surface area contributed by atoms with Crippen LogP contribution in [0.1, 0.15) is 171 Å². The highest BCUT2D eigenvalue weighted by molar-refractivity contribution is 6.14. The van der Waals surface area contributed by atoms with E-state index < -0.39 is 0 Å². The molecule has 5 atom stereocenters. The lowest BCUT2D eigenvalue weighted by atomic mass is 9.87. The van der Waals surface area contributed by atoms with E-state index in [1.807, 2.05) is 0 Å². The highest BCUT2D eigenvalue weighted by atomic mass is 15.1. The SMILES string of the molecule is C.C.C.C.Cc1ccc2c(c1)c1c(n2-c2c(C#N)c(-n3c4c(c5cc(C)ccc53)CC(C)C=C4)c(-c3ccccc3)c(-n3c4ccc(C)cc4c4cc(C)ccc43)c2-c2ccccc2)C=CC(C)C1.Cc1ccc2c(c1)c1c(n2-c2cc(-n3c4ccc(C)cc4c4cc(C)ccc43)cc(-n3c4c(c5c3C=CC(C)C5)CC(C)C=C4)c2C#N)C=CC(C)C1. The van der Waals surface area contributed by atoms with Crippen LogP contribution in [0.3, 0.4) is 0 Å². The van der Waals surface area contributed by atoms with Gasteiger partial charge >= 0.3 is 0 Å². The van der Waals surface area contributed by atoms with Gasteiger partial charge in [0.15, 0.2) is 0 Å². The van der Waals surface area contributed by atoms with E-state index in [9.17, 15) is 10.5 Å². The summed E-state index contributed by atoms with van der Waals surface area (Å²) in [5.41, 5.74) is 40.5. The summed E-state index contributed by atoms with van der Waals surface area (Å²) in [7, 11) is 0. The topological polar surface area (TPSA) is 77.2 Å². The molecule has 0 spiro atoms. The molecular formula is C114H110N8. The van der Waals surface area contributed by atoms with Crippen LogP contribution >= 0.6 is 0 Å². The van der Waals surface area contributed by atoms with Crippen molar-refractivity contribution in [3.05, 3.63) is 337 Å². The molecule has 0 radical (unpaired) electrons. The molecule has 6 heterocycles. The van der Waals surface area contributed by atoms with Gasteiger partial charge in [-0.1, -0.05) is 237 Å². The van der Waals surface area contributed by atoms with Gasteiger partial charge in [0.2, 0.25) is 0 Å². The highest BCUT2D eigenvalue weighted by Crippen LogP contribution is 2.54. The number of rotatable bonds is 8. The van der Waals surface area contributed by atoms with Crippen molar-refractivity contribution in [1.29, 1.82) is 10.5 Å². The summed E-state index contributed by atoms with van der Waals surface area (Å²) in [6.45, 7) is 26.8. The molecule has 0 saturated heterocycles. The fourth-order valence-electron chi connectivity index (χ4n) is 20.8. The molecule has 122 heavy (non-hydrogen) atoms. The van der Waals surface area contributed by atoms with Crippen LogP contribution in [0.25, 0.3) is 163 Å². The third-order valence-electron chi connectivity index (χ3n) is 26.2. The van der Waals surface area contributed by atoms with Crippen LogP contribution in [0, 0.1) is 101 Å². The Morgan fingerprint density at radius 3 is 0.844 bits per heavy atom. The molecule has 0 fully saturated rings. The lowest BCUT2D eigenvalue weighted by molar-refractivity contribution is 0.681. The number of allylic oxidation sites excluding steroid dienone is 5. The zero-order chi connectivity index (χ0) is 80.5. The molecule has 0 amide bonds. The van der Waals surface area contributed by atoms with E-state index in [4.69, 9.17) is 0 Å². The Morgan fingerprint density at radius 1 is 0.262 bits per heavy atom. The molecule has 0 N–H and O–H groups in total. The molecule has 22 rings (SSSR count). The lowest BCUT2D eigenvalue weighted by Crippen LogP contribution is -2.15. The van der Waals surface area contributed by atoms with E-state index in [2.05, 4.69) is 384 Å². The van der Waals surface area contributed by atoms with Crippen LogP contribution in [-0.4, -0.2) is 27.4 Å². The number of benzene rings is 11. The van der Waals surface area contributed by atoms with Crippen LogP contribution in [0.15, 0.2) is 231 Å². The quantitative estimate of drug-likeness (QED) is 0.152. The summed E-state index contributed by atoms with van der Waals surface area (Å²) in [6, 6.07) is 80.0. The average molecular weight is 1590 g/mol. The third-order valence-corrected chi connectivity index (χ3v) is 26.2. The summed E-state index contributed by atoms with van der Waals surface area (Å²) in [5, 5.41) is 32.5. The van der Waals surface area contributed by atoms with E-state index in [0.717, 1.165) is 127 Å². The van der Waals surface area contributed by atoms with Crippen molar-refractivity contribution in [3.8, 4) is 68.5 Å². The predicted octanol–water partition coefficient (Wildman–Crippen LogP) is 30.0. The number of fused-ring (bicyclic) bond motifs is 18. The third kappa shape index (κ3) is 12.6. The van der Waals surface area contributed by atoms with Gasteiger partial charge in [0.25, 0.3) is 0 Å². The normalized spacial score (nSPS) is 16.5. The van der Waals surface area contributed by atoms with E-state index in [1.165, 1.54) is 133 Å². The maximum atomic E-state index is 12.4. The number of aromatic nitrogens is 6. The van der Waals surface area contributed by atoms with Gasteiger partial charge in [0.1, 0.15) is 23.3 Å². The van der Waals surface area contributed by atoms with E-state index in [1.54, 1.807) is 0 Å². The molecule has 6 aromatic heterocycles. The van der Waals surface area contributed by atoms with Gasteiger partial charge < -0.3 is 27.4 Å². The molecule has 0 bridgehead atoms. The molecule has 8 nitrogen and oxygen atoms in total. The number of nitriles is 2. The molecular weight excluding hydrogens is 1480 g/mol. The average Bonchev–Trinajstić information content (AvgIpc) is 1.49. The van der Waals surface area contributed by atoms with Gasteiger partial charge in [0.05, 0.1) is 72.7 Å². The van der Waals surface area contributed by atoms with Gasteiger partial charge in [0, 0.05) is 77.3 Å². The Morgan fingerprint density at radius 2 is 0.525 bits per heavy atom. The van der Waals surface area contributed by atoms with Crippen molar-refractivity contribution in [1.82, 2.24) is 27.4 Å². The van der Waals surface area contributed by atoms with Gasteiger partial charge in [-0.15, -0.1) is 0 Å². The number of nitrogens with zero attached hydrogens (tertiary/aromatic N) is 8. The monoisotopic (exact) mass is 1590 g/mol. The Kier molecular flexibility index (Phi) is 20.6. The second-order valence-corrected chi connectivity index (χ2v) is 35.2. The fraction of sp³-hybridized carbons (Fsp3) is 0.228. The molecule has 606 valence electrons. The summed E-state index contributed by atoms with van der Waals surface area (Å²) in [6.07, 6.45) is 28.1. The number of aryl methyl sites for hydroxylation is 7. The van der Waals surface area contributed by atoms with Crippen LogP contribution in [0.4, 0.5) is 0 Å². The fourth-order valence-corrected chi connectivity index (χ4v) is 20.8. The van der Waals surface area contributed by atoms with Gasteiger partial charge in [-0.25, -0.2) is 0 Å². The Labute approximate surface area is 719 Å². The smallest absolute Gasteiger partial charge is 0.104 e. The summed E-state index contributed by atoms with van der Waals surface area (Å²) in [4.78, 5) is 0. The maximum Gasteiger partial charge on any atom is 0.104 e. The van der Waals surface area contributed by atoms with Crippen molar-refractivity contribution in [3.63, 3.8) is 0 Å². The highest BCUT2D eigenvalue weighted by Gasteiger charge is 2.38. The molecule has 0 saturated carbocycles. The standard InChI is InChI=1S/C61H50N4.C49H44N4.4CH4/c1-36-17-23-51-44(29-36)45-30-37(2)18-24-52(45)63(51)59-50(35-62)60(64-53-25-19-38(3)31-46(53)47-32-39(4)20-26-54(47)64)58(43-15-11-8-12-16-43)61(57(59)42-13-9-7-10-14-42)65-55-27-21-40(5)33-48(55)49-34-41(6)22-28-56(49)65;1-28-7-13-42-35(19-28)36-20-29(2)8-14-43(36)51(42)34-25-48(52-44-15-9-30(3)21-37(44)38-22-31(4)10-16-45(38)52)41(27-50)49(26-34)53-46-17-11-32(5)23-39(46)40-24-33(6)12-18-47(40)53;;;;/h7-29,31,33-34,37,39H,30,32H2,1-6H3;7-21,25-26,31-33H,22-24H2,1-6H3;4*1H4. The Balaban J connectivity index is 0.000000171. The largest absolute Gasteiger partial charge is 0.309 e. The van der Waals surface area contributed by atoms with Crippen molar-refractivity contribution >= 4 is 107 Å². The van der Waals surface area contributed by atoms with E-state index in [-0.39, 0.29) is 29.7 Å². The zero-order valence-corrected chi connectivity index (χ0v) is 69.3. The minimum absolute atomic E-state index is 0. The molecule has 11 aromatic carbocycles. The van der Waals surface area contributed by atoms with Crippen molar-refractivity contribution in [2.24, 2.45) is 29.6 Å². The van der Waals surface area contributed by atoms with Crippen molar-refractivity contribution in [2.45, 2.75) is 145 Å². The van der Waals surface area contributed by atoms with Gasteiger partial charge in [-0.05, 0) is 277 Å². The molecule has 5 unspecified atom stereocenters. The molecule has 5 aliphatic carbocycles. The zero-order valence-electron chi connectivity index (χ0n) is 69.3. The first-order valence-electron chi connectivity index (χ1n) is 42.3. The molecule has 0 aliphatic heterocycles. The lowest BCUT2D eigenvalue weighted by Gasteiger charge is -2.29. The number of hydrogen-bond acceptors (Lipinski definition) is 2. The van der Waals surface area contributed by atoms with E-state index >= 15 is 0 Å². The minimum Gasteiger partial charge on any atom is -0.309 e. The summed E-state index contributed by atoms with van der Waals surface area (Å²) >= 11 is 0. The second kappa shape index (κ2) is 31.0. The van der Waals surface area contributed by atoms with E-state index in [0.29, 0.717) is 40.7 Å². The van der Waals surface area contributed by atoms with Crippen LogP contribution < -0.4 is 0 Å². The predicted molar refractivity (Wildman–Crippen MR) is 521 cm³/mol. The second-order valence-electron chi connectivity index (χ2n) is 35.2. The first-order chi connectivity index (χ1) is 57.4. The van der Waals surface area contributed by atoms with Crippen LogP contribution in [0.5, 0.6) is 0 Å². The van der Waals surface area contributed by atoms with Crippen molar-refractivity contribution < 1.29 is 0 Å². The molecule has 8 heteroatoms. The van der Waals surface area contributed by atoms with Crippen LogP contribution in [-0.2, 0) is 32.1 Å². The summed E-state index contributed by atoms with van der Waals surface area (Å²) < 4.78 is 14.7. The Hall–Kier alpha value is -13.4. The number of hydrogen-bond donors (Lipinski definition) is 0. The summed E-state index contributed by atoms with van der Waals surface area (Å²) in [5.74, 6) is 2.17. The molecule has 5 aliphatic rings. The first-order valence-corrected chi connectivity index (χ1v) is 42.3. The van der Waals surface area contributed by atoms with Crippen LogP contribution in [0.2, 0.25) is 0 Å². The first kappa shape index (κ1) is 81.0. The Bertz CT molecular complexity index is 7120. The van der Waals surface area contributed by atoms with Gasteiger partial charge in [-0.2, -0.15) is 10.5 Å². The van der Waals surface area contributed by atoms with Gasteiger partial charge in [-0.3, -0.25) is 0 Å². The maximum absolute atomic E-state index is 12.4. The minimum atomic E-state index is 0.